The molecule has 1 saturated heterocycles. The number of ether oxygens (including phenoxy) is 1. The predicted octanol–water partition coefficient (Wildman–Crippen LogP) is 1.32. The summed E-state index contributed by atoms with van der Waals surface area (Å²) in [6, 6.07) is 0. The van der Waals surface area contributed by atoms with Crippen LogP contribution in [0.4, 0.5) is 0 Å². The first kappa shape index (κ1) is 8.02. The summed E-state index contributed by atoms with van der Waals surface area (Å²) in [5, 5.41) is 9.43. The molecular formula is C8H16O2. The lowest BCUT2D eigenvalue weighted by molar-refractivity contribution is 0.0817. The van der Waals surface area contributed by atoms with E-state index in [0.29, 0.717) is 6.10 Å². The Kier molecular flexibility index (Phi) is 2.02. The zero-order valence-electron chi connectivity index (χ0n) is 6.92. The van der Waals surface area contributed by atoms with Crippen molar-refractivity contribution < 1.29 is 9.84 Å². The molecule has 60 valence electrons. The zero-order valence-corrected chi connectivity index (χ0v) is 6.92. The molecule has 0 aromatic carbocycles. The molecule has 0 aromatic heterocycles. The van der Waals surface area contributed by atoms with Gasteiger partial charge in [0.15, 0.2) is 0 Å². The van der Waals surface area contributed by atoms with E-state index in [1.165, 1.54) is 0 Å². The van der Waals surface area contributed by atoms with E-state index in [0.717, 1.165) is 12.8 Å². The summed E-state index contributed by atoms with van der Waals surface area (Å²) < 4.78 is 5.36. The Labute approximate surface area is 62.2 Å². The molecule has 0 aliphatic carbocycles. The highest BCUT2D eigenvalue weighted by Gasteiger charge is 2.55. The minimum Gasteiger partial charge on any atom is -0.390 e. The molecule has 0 bridgehead atoms. The van der Waals surface area contributed by atoms with Crippen molar-refractivity contribution in [3.63, 3.8) is 0 Å². The fourth-order valence-electron chi connectivity index (χ4n) is 1.46. The topological polar surface area (TPSA) is 32.8 Å². The number of rotatable bonds is 3. The average molecular weight is 144 g/mol. The molecule has 0 aromatic rings. The van der Waals surface area contributed by atoms with Gasteiger partial charge < -0.3 is 9.84 Å². The van der Waals surface area contributed by atoms with Crippen molar-refractivity contribution in [3.8, 4) is 0 Å². The minimum absolute atomic E-state index is 0.219. The van der Waals surface area contributed by atoms with Gasteiger partial charge in [-0.3, -0.25) is 0 Å². The third-order valence-corrected chi connectivity index (χ3v) is 2.40. The quantitative estimate of drug-likeness (QED) is 0.606. The Morgan fingerprint density at radius 2 is 2.20 bits per heavy atom. The van der Waals surface area contributed by atoms with Crippen LogP contribution in [-0.4, -0.2) is 22.9 Å². The standard InChI is InChI=1S/C8H16O2/c1-4-6(9)8(3)7(5-2)10-8/h6-7,9H,4-5H2,1-3H3/t6-,7+,8-/m0/s1. The monoisotopic (exact) mass is 144 g/mol. The molecule has 1 fully saturated rings. The normalized spacial score (nSPS) is 41.4. The van der Waals surface area contributed by atoms with E-state index in [1.54, 1.807) is 0 Å². The van der Waals surface area contributed by atoms with Crippen LogP contribution in [0.1, 0.15) is 33.6 Å². The highest BCUT2D eigenvalue weighted by atomic mass is 16.6. The lowest BCUT2D eigenvalue weighted by Crippen LogP contribution is -2.27. The molecule has 0 amide bonds. The van der Waals surface area contributed by atoms with E-state index in [1.807, 2.05) is 13.8 Å². The van der Waals surface area contributed by atoms with Gasteiger partial charge in [0.25, 0.3) is 0 Å². The van der Waals surface area contributed by atoms with Crippen molar-refractivity contribution in [2.75, 3.05) is 0 Å². The molecule has 1 heterocycles. The van der Waals surface area contributed by atoms with Crippen molar-refractivity contribution in [1.82, 2.24) is 0 Å². The Morgan fingerprint density at radius 3 is 2.50 bits per heavy atom. The first-order valence-corrected chi connectivity index (χ1v) is 4.01. The second-order valence-corrected chi connectivity index (χ2v) is 3.12. The van der Waals surface area contributed by atoms with Gasteiger partial charge in [0.05, 0.1) is 12.2 Å². The Bertz CT molecular complexity index is 124. The van der Waals surface area contributed by atoms with Crippen LogP contribution in [-0.2, 0) is 4.74 Å². The van der Waals surface area contributed by atoms with Gasteiger partial charge in [0, 0.05) is 0 Å². The molecule has 0 spiro atoms. The van der Waals surface area contributed by atoms with Crippen LogP contribution in [0.25, 0.3) is 0 Å². The number of aliphatic hydroxyl groups is 1. The Hall–Kier alpha value is -0.0800. The van der Waals surface area contributed by atoms with Gasteiger partial charge in [0.2, 0.25) is 0 Å². The van der Waals surface area contributed by atoms with Gasteiger partial charge in [-0.1, -0.05) is 13.8 Å². The molecular weight excluding hydrogens is 128 g/mol. The first-order chi connectivity index (χ1) is 4.65. The summed E-state index contributed by atoms with van der Waals surface area (Å²) in [5.41, 5.74) is -0.219. The second kappa shape index (κ2) is 2.51. The van der Waals surface area contributed by atoms with Crippen LogP contribution in [0, 0.1) is 0 Å². The highest BCUT2D eigenvalue weighted by molar-refractivity contribution is 5.02. The number of aliphatic hydroxyl groups excluding tert-OH is 1. The highest BCUT2D eigenvalue weighted by Crippen LogP contribution is 2.42. The molecule has 1 rings (SSSR count). The van der Waals surface area contributed by atoms with Crippen molar-refractivity contribution >= 4 is 0 Å². The summed E-state index contributed by atoms with van der Waals surface area (Å²) in [7, 11) is 0. The van der Waals surface area contributed by atoms with E-state index in [4.69, 9.17) is 4.74 Å². The molecule has 0 radical (unpaired) electrons. The SMILES string of the molecule is CC[C@H](O)[C@]1(C)O[C@@H]1CC. The summed E-state index contributed by atoms with van der Waals surface area (Å²) in [4.78, 5) is 0. The molecule has 0 unspecified atom stereocenters. The molecule has 2 heteroatoms. The van der Waals surface area contributed by atoms with Crippen molar-refractivity contribution in [2.45, 2.75) is 51.4 Å². The lowest BCUT2D eigenvalue weighted by Gasteiger charge is -2.12. The van der Waals surface area contributed by atoms with Crippen LogP contribution in [0.5, 0.6) is 0 Å². The zero-order chi connectivity index (χ0) is 7.78. The number of hydrogen-bond donors (Lipinski definition) is 1. The van der Waals surface area contributed by atoms with Gasteiger partial charge in [0.1, 0.15) is 5.60 Å². The second-order valence-electron chi connectivity index (χ2n) is 3.12. The van der Waals surface area contributed by atoms with E-state index in [9.17, 15) is 5.11 Å². The molecule has 10 heavy (non-hydrogen) atoms. The molecule has 2 nitrogen and oxygen atoms in total. The van der Waals surface area contributed by atoms with Crippen molar-refractivity contribution in [2.24, 2.45) is 0 Å². The van der Waals surface area contributed by atoms with Crippen LogP contribution in [0.15, 0.2) is 0 Å². The van der Waals surface area contributed by atoms with Gasteiger partial charge in [-0.2, -0.15) is 0 Å². The smallest absolute Gasteiger partial charge is 0.118 e. The largest absolute Gasteiger partial charge is 0.390 e. The van der Waals surface area contributed by atoms with Gasteiger partial charge in [-0.25, -0.2) is 0 Å². The van der Waals surface area contributed by atoms with Gasteiger partial charge >= 0.3 is 0 Å². The minimum atomic E-state index is -0.280. The molecule has 1 aliphatic rings. The molecule has 1 N–H and O–H groups in total. The maximum absolute atomic E-state index is 9.43. The van der Waals surface area contributed by atoms with Crippen LogP contribution >= 0.6 is 0 Å². The summed E-state index contributed by atoms with van der Waals surface area (Å²) >= 11 is 0. The molecule has 1 aliphatic heterocycles. The van der Waals surface area contributed by atoms with Gasteiger partial charge in [-0.15, -0.1) is 0 Å². The third kappa shape index (κ3) is 1.06. The number of epoxide rings is 1. The Balaban J connectivity index is 2.42. The maximum atomic E-state index is 9.43. The van der Waals surface area contributed by atoms with E-state index < -0.39 is 0 Å². The fourth-order valence-corrected chi connectivity index (χ4v) is 1.46. The molecule has 0 saturated carbocycles. The maximum Gasteiger partial charge on any atom is 0.118 e. The van der Waals surface area contributed by atoms with Crippen molar-refractivity contribution in [1.29, 1.82) is 0 Å². The lowest BCUT2D eigenvalue weighted by atomic mass is 9.97. The first-order valence-electron chi connectivity index (χ1n) is 4.01. The molecule has 3 atom stereocenters. The predicted molar refractivity (Wildman–Crippen MR) is 39.9 cm³/mol. The summed E-state index contributed by atoms with van der Waals surface area (Å²) in [6.07, 6.45) is 1.81. The summed E-state index contributed by atoms with van der Waals surface area (Å²) in [5.74, 6) is 0. The van der Waals surface area contributed by atoms with E-state index in [-0.39, 0.29) is 11.7 Å². The van der Waals surface area contributed by atoms with Crippen LogP contribution in [0.3, 0.4) is 0 Å². The Morgan fingerprint density at radius 1 is 1.60 bits per heavy atom. The van der Waals surface area contributed by atoms with Crippen LogP contribution < -0.4 is 0 Å². The van der Waals surface area contributed by atoms with Crippen molar-refractivity contribution in [3.05, 3.63) is 0 Å². The fraction of sp³-hybridized carbons (Fsp3) is 1.00. The average Bonchev–Trinajstić information content (AvgIpc) is 2.61. The van der Waals surface area contributed by atoms with E-state index in [2.05, 4.69) is 6.92 Å². The third-order valence-electron chi connectivity index (χ3n) is 2.40. The van der Waals surface area contributed by atoms with Gasteiger partial charge in [-0.05, 0) is 19.8 Å². The summed E-state index contributed by atoms with van der Waals surface area (Å²) in [6.45, 7) is 6.04. The number of hydrogen-bond acceptors (Lipinski definition) is 2. The van der Waals surface area contributed by atoms with Crippen LogP contribution in [0.2, 0.25) is 0 Å². The van der Waals surface area contributed by atoms with E-state index >= 15 is 0 Å².